The van der Waals surface area contributed by atoms with Crippen LogP contribution in [0, 0.1) is 6.92 Å². The quantitative estimate of drug-likeness (QED) is 0.758. The van der Waals surface area contributed by atoms with Crippen molar-refractivity contribution in [1.82, 2.24) is 24.5 Å². The van der Waals surface area contributed by atoms with E-state index in [9.17, 15) is 4.79 Å². The number of hydrogen-bond acceptors (Lipinski definition) is 7. The third-order valence-corrected chi connectivity index (χ3v) is 4.04. The first-order chi connectivity index (χ1) is 12.2. The van der Waals surface area contributed by atoms with Gasteiger partial charge in [-0.15, -0.1) is 10.2 Å². The lowest BCUT2D eigenvalue weighted by Crippen LogP contribution is -2.35. The molecule has 1 N–H and O–H groups in total. The van der Waals surface area contributed by atoms with Gasteiger partial charge in [-0.2, -0.15) is 0 Å². The molecule has 0 aromatic carbocycles. The molecule has 0 atom stereocenters. The van der Waals surface area contributed by atoms with Gasteiger partial charge in [0.2, 0.25) is 5.95 Å². The normalized spacial score (nSPS) is 15.6. The number of hydrogen-bond donors (Lipinski definition) is 1. The molecule has 0 unspecified atom stereocenters. The van der Waals surface area contributed by atoms with Gasteiger partial charge in [-0.25, -0.2) is 4.98 Å². The van der Waals surface area contributed by atoms with Crippen LogP contribution in [0.15, 0.2) is 29.0 Å². The van der Waals surface area contributed by atoms with Crippen molar-refractivity contribution in [2.75, 3.05) is 31.6 Å². The molecule has 4 heterocycles. The summed E-state index contributed by atoms with van der Waals surface area (Å²) in [4.78, 5) is 18.9. The Kier molecular flexibility index (Phi) is 4.16. The zero-order chi connectivity index (χ0) is 17.2. The number of aryl methyl sites for hydroxylation is 1. The van der Waals surface area contributed by atoms with Crippen LogP contribution < -0.4 is 5.32 Å². The van der Waals surface area contributed by atoms with Crippen molar-refractivity contribution in [3.8, 4) is 0 Å². The summed E-state index contributed by atoms with van der Waals surface area (Å²) in [6.07, 6.45) is 3.23. The van der Waals surface area contributed by atoms with Crippen LogP contribution in [0.25, 0.3) is 5.78 Å². The van der Waals surface area contributed by atoms with Crippen molar-refractivity contribution >= 4 is 17.6 Å². The Bertz CT molecular complexity index is 896. The highest BCUT2D eigenvalue weighted by Gasteiger charge is 2.17. The van der Waals surface area contributed by atoms with E-state index in [-0.39, 0.29) is 5.91 Å². The molecule has 1 aliphatic heterocycles. The molecule has 0 bridgehead atoms. The summed E-state index contributed by atoms with van der Waals surface area (Å²) in [6, 6.07) is 3.57. The standard InChI is InChI=1S/C16H18N6O3/c1-11-2-3-22-15(17-11)19-20-16(22)18-14(23)12-8-13(25-10-12)9-21-4-6-24-7-5-21/h2-3,8,10H,4-7,9H2,1H3,(H,18,20,23). The molecule has 3 aromatic rings. The molecule has 9 heteroatoms. The molecule has 130 valence electrons. The summed E-state index contributed by atoms with van der Waals surface area (Å²) in [5, 5.41) is 10.7. The van der Waals surface area contributed by atoms with E-state index in [1.54, 1.807) is 16.7 Å². The number of amides is 1. The van der Waals surface area contributed by atoms with Crippen LogP contribution in [0.4, 0.5) is 5.95 Å². The number of rotatable bonds is 4. The maximum atomic E-state index is 12.4. The van der Waals surface area contributed by atoms with Gasteiger partial charge in [0.25, 0.3) is 11.7 Å². The molecule has 1 aliphatic rings. The van der Waals surface area contributed by atoms with Crippen molar-refractivity contribution in [3.05, 3.63) is 41.6 Å². The maximum absolute atomic E-state index is 12.4. The molecule has 0 saturated carbocycles. The van der Waals surface area contributed by atoms with Gasteiger partial charge in [-0.3, -0.25) is 19.4 Å². The lowest BCUT2D eigenvalue weighted by Gasteiger charge is -2.25. The Labute approximate surface area is 143 Å². The average Bonchev–Trinajstić information content (AvgIpc) is 3.23. The summed E-state index contributed by atoms with van der Waals surface area (Å²) in [6.45, 7) is 5.70. The highest BCUT2D eigenvalue weighted by molar-refractivity contribution is 6.03. The van der Waals surface area contributed by atoms with Crippen LogP contribution in [0.5, 0.6) is 0 Å². The number of anilines is 1. The minimum atomic E-state index is -0.299. The van der Waals surface area contributed by atoms with Gasteiger partial charge in [0.05, 0.1) is 25.3 Å². The number of carbonyl (C=O) groups excluding carboxylic acids is 1. The number of furan rings is 1. The van der Waals surface area contributed by atoms with Crippen molar-refractivity contribution in [3.63, 3.8) is 0 Å². The van der Waals surface area contributed by atoms with Gasteiger partial charge in [0.1, 0.15) is 12.0 Å². The predicted molar refractivity (Wildman–Crippen MR) is 88.3 cm³/mol. The third kappa shape index (κ3) is 3.37. The number of carbonyl (C=O) groups is 1. The second-order valence-electron chi connectivity index (χ2n) is 5.91. The number of morpholine rings is 1. The third-order valence-electron chi connectivity index (χ3n) is 4.04. The maximum Gasteiger partial charge on any atom is 0.261 e. The highest BCUT2D eigenvalue weighted by atomic mass is 16.5. The van der Waals surface area contributed by atoms with Crippen LogP contribution in [0.1, 0.15) is 21.8 Å². The van der Waals surface area contributed by atoms with Crippen molar-refractivity contribution < 1.29 is 13.9 Å². The molecule has 0 spiro atoms. The second kappa shape index (κ2) is 6.61. The van der Waals surface area contributed by atoms with Gasteiger partial charge in [-0.1, -0.05) is 0 Å². The predicted octanol–water partition coefficient (Wildman–Crippen LogP) is 1.11. The van der Waals surface area contributed by atoms with E-state index >= 15 is 0 Å². The first-order valence-electron chi connectivity index (χ1n) is 8.06. The van der Waals surface area contributed by atoms with E-state index < -0.39 is 0 Å². The monoisotopic (exact) mass is 342 g/mol. The van der Waals surface area contributed by atoms with Crippen molar-refractivity contribution in [2.45, 2.75) is 13.5 Å². The zero-order valence-corrected chi connectivity index (χ0v) is 13.8. The molecule has 9 nitrogen and oxygen atoms in total. The SMILES string of the molecule is Cc1ccn2c(NC(=O)c3coc(CN4CCOCC4)c3)nnc2n1. The number of fused-ring (bicyclic) bond motifs is 1. The Morgan fingerprint density at radius 3 is 3.00 bits per heavy atom. The molecule has 3 aromatic heterocycles. The molecule has 1 saturated heterocycles. The van der Waals surface area contributed by atoms with E-state index in [2.05, 4.69) is 25.4 Å². The second-order valence-corrected chi connectivity index (χ2v) is 5.91. The van der Waals surface area contributed by atoms with E-state index in [0.717, 1.165) is 37.8 Å². The number of nitrogens with one attached hydrogen (secondary N) is 1. The van der Waals surface area contributed by atoms with Crippen LogP contribution in [-0.2, 0) is 11.3 Å². The van der Waals surface area contributed by atoms with E-state index in [1.165, 1.54) is 6.26 Å². The molecule has 1 fully saturated rings. The number of ether oxygens (including phenoxy) is 1. The molecule has 4 rings (SSSR count). The Morgan fingerprint density at radius 1 is 1.32 bits per heavy atom. The largest absolute Gasteiger partial charge is 0.467 e. The molecule has 25 heavy (non-hydrogen) atoms. The lowest BCUT2D eigenvalue weighted by molar-refractivity contribution is 0.0313. The number of nitrogens with zero attached hydrogens (tertiary/aromatic N) is 5. The molecular weight excluding hydrogens is 324 g/mol. The Morgan fingerprint density at radius 2 is 2.16 bits per heavy atom. The van der Waals surface area contributed by atoms with Crippen molar-refractivity contribution in [1.29, 1.82) is 0 Å². The highest BCUT2D eigenvalue weighted by Crippen LogP contribution is 2.14. The fraction of sp³-hybridized carbons (Fsp3) is 0.375. The van der Waals surface area contributed by atoms with Gasteiger partial charge in [0, 0.05) is 25.0 Å². The summed E-state index contributed by atoms with van der Waals surface area (Å²) in [5.74, 6) is 1.21. The summed E-state index contributed by atoms with van der Waals surface area (Å²) < 4.78 is 12.5. The van der Waals surface area contributed by atoms with Crippen LogP contribution >= 0.6 is 0 Å². The summed E-state index contributed by atoms with van der Waals surface area (Å²) in [7, 11) is 0. The topological polar surface area (TPSA) is 97.8 Å². The van der Waals surface area contributed by atoms with Gasteiger partial charge >= 0.3 is 0 Å². The molecule has 1 amide bonds. The molecule has 0 radical (unpaired) electrons. The Hall–Kier alpha value is -2.78. The summed E-state index contributed by atoms with van der Waals surface area (Å²) in [5.41, 5.74) is 1.28. The van der Waals surface area contributed by atoms with Crippen LogP contribution in [-0.4, -0.2) is 56.7 Å². The fourth-order valence-electron chi connectivity index (χ4n) is 2.70. The van der Waals surface area contributed by atoms with E-state index in [4.69, 9.17) is 9.15 Å². The van der Waals surface area contributed by atoms with Gasteiger partial charge in [-0.05, 0) is 19.1 Å². The van der Waals surface area contributed by atoms with Gasteiger partial charge < -0.3 is 9.15 Å². The van der Waals surface area contributed by atoms with E-state index in [1.807, 2.05) is 13.0 Å². The van der Waals surface area contributed by atoms with Crippen LogP contribution in [0.3, 0.4) is 0 Å². The molecular formula is C16H18N6O3. The van der Waals surface area contributed by atoms with E-state index in [0.29, 0.717) is 23.8 Å². The lowest BCUT2D eigenvalue weighted by atomic mass is 10.3. The smallest absolute Gasteiger partial charge is 0.261 e. The van der Waals surface area contributed by atoms with Crippen LogP contribution in [0.2, 0.25) is 0 Å². The zero-order valence-electron chi connectivity index (χ0n) is 13.8. The molecule has 0 aliphatic carbocycles. The van der Waals surface area contributed by atoms with Crippen molar-refractivity contribution in [2.24, 2.45) is 0 Å². The average molecular weight is 342 g/mol. The first-order valence-corrected chi connectivity index (χ1v) is 8.06. The minimum absolute atomic E-state index is 0.299. The van der Waals surface area contributed by atoms with Gasteiger partial charge in [0.15, 0.2) is 0 Å². The minimum Gasteiger partial charge on any atom is -0.467 e. The summed E-state index contributed by atoms with van der Waals surface area (Å²) >= 11 is 0. The number of aromatic nitrogens is 4. The fourth-order valence-corrected chi connectivity index (χ4v) is 2.70. The Balaban J connectivity index is 1.45. The first kappa shape index (κ1) is 15.7.